The summed E-state index contributed by atoms with van der Waals surface area (Å²) in [6.45, 7) is 3.58. The zero-order valence-electron chi connectivity index (χ0n) is 10.1. The van der Waals surface area contributed by atoms with Crippen LogP contribution in [-0.4, -0.2) is 9.97 Å². The van der Waals surface area contributed by atoms with Crippen LogP contribution in [0.25, 0.3) is 0 Å². The smallest absolute Gasteiger partial charge is 0.149 e. The summed E-state index contributed by atoms with van der Waals surface area (Å²) in [5.74, 6) is -1.24. The van der Waals surface area contributed by atoms with Gasteiger partial charge in [0.05, 0.1) is 17.4 Å². The van der Waals surface area contributed by atoms with E-state index in [1.54, 1.807) is 26.2 Å². The first kappa shape index (κ1) is 12.4. The molecule has 1 atom stereocenters. The minimum absolute atomic E-state index is 0.143. The number of hydrogen-bond donors (Lipinski definition) is 1. The molecule has 0 fully saturated rings. The van der Waals surface area contributed by atoms with Crippen LogP contribution in [0.5, 0.6) is 0 Å². The van der Waals surface area contributed by atoms with Crippen molar-refractivity contribution in [2.24, 2.45) is 0 Å². The van der Waals surface area contributed by atoms with E-state index in [9.17, 15) is 8.78 Å². The van der Waals surface area contributed by atoms with Crippen LogP contribution in [0.4, 0.5) is 14.5 Å². The van der Waals surface area contributed by atoms with Crippen LogP contribution in [-0.2, 0) is 0 Å². The Labute approximate surface area is 104 Å². The zero-order chi connectivity index (χ0) is 13.1. The van der Waals surface area contributed by atoms with E-state index in [2.05, 4.69) is 15.3 Å². The molecule has 1 aromatic heterocycles. The molecule has 0 spiro atoms. The van der Waals surface area contributed by atoms with Crippen molar-refractivity contribution >= 4 is 5.69 Å². The molecule has 0 radical (unpaired) electrons. The SMILES string of the molecule is Cc1nccnc1C(C)Nc1c(F)cccc1F. The number of benzene rings is 1. The first-order chi connectivity index (χ1) is 8.59. The van der Waals surface area contributed by atoms with Gasteiger partial charge in [0.1, 0.15) is 17.3 Å². The number of anilines is 1. The zero-order valence-corrected chi connectivity index (χ0v) is 10.1. The maximum absolute atomic E-state index is 13.5. The summed E-state index contributed by atoms with van der Waals surface area (Å²) in [6, 6.07) is 3.42. The van der Waals surface area contributed by atoms with Crippen molar-refractivity contribution in [3.8, 4) is 0 Å². The standard InChI is InChI=1S/C13H13F2N3/c1-8-12(17-7-6-16-8)9(2)18-13-10(14)4-3-5-11(13)15/h3-7,9,18H,1-2H3. The van der Waals surface area contributed by atoms with Crippen LogP contribution in [0.15, 0.2) is 30.6 Å². The van der Waals surface area contributed by atoms with Crippen molar-refractivity contribution in [2.45, 2.75) is 19.9 Å². The largest absolute Gasteiger partial charge is 0.372 e. The van der Waals surface area contributed by atoms with E-state index in [1.165, 1.54) is 18.2 Å². The number of nitrogens with one attached hydrogen (secondary N) is 1. The van der Waals surface area contributed by atoms with E-state index in [-0.39, 0.29) is 11.7 Å². The highest BCUT2D eigenvalue weighted by Crippen LogP contribution is 2.24. The molecular weight excluding hydrogens is 236 g/mol. The topological polar surface area (TPSA) is 37.8 Å². The average Bonchev–Trinajstić information content (AvgIpc) is 2.34. The molecule has 2 aromatic rings. The molecule has 0 aliphatic rings. The first-order valence-electron chi connectivity index (χ1n) is 5.57. The molecule has 1 aromatic carbocycles. The third kappa shape index (κ3) is 2.45. The van der Waals surface area contributed by atoms with Crippen LogP contribution in [0.2, 0.25) is 0 Å². The number of aromatic nitrogens is 2. The van der Waals surface area contributed by atoms with Gasteiger partial charge in [-0.3, -0.25) is 9.97 Å². The molecule has 0 bridgehead atoms. The summed E-state index contributed by atoms with van der Waals surface area (Å²) in [5.41, 5.74) is 1.25. The summed E-state index contributed by atoms with van der Waals surface area (Å²) in [4.78, 5) is 8.26. The number of nitrogens with zero attached hydrogens (tertiary/aromatic N) is 2. The molecule has 2 rings (SSSR count). The summed E-state index contributed by atoms with van der Waals surface area (Å²) in [6.07, 6.45) is 3.13. The minimum Gasteiger partial charge on any atom is -0.372 e. The average molecular weight is 249 g/mol. The Balaban J connectivity index is 2.27. The first-order valence-corrected chi connectivity index (χ1v) is 5.57. The highest BCUT2D eigenvalue weighted by molar-refractivity contribution is 5.47. The molecular formula is C13H13F2N3. The second-order valence-corrected chi connectivity index (χ2v) is 3.99. The second-order valence-electron chi connectivity index (χ2n) is 3.99. The minimum atomic E-state index is -0.622. The predicted octanol–water partition coefficient (Wildman–Crippen LogP) is 3.24. The highest BCUT2D eigenvalue weighted by Gasteiger charge is 2.15. The van der Waals surface area contributed by atoms with Gasteiger partial charge in [0, 0.05) is 12.4 Å². The fourth-order valence-corrected chi connectivity index (χ4v) is 1.76. The molecule has 1 N–H and O–H groups in total. The highest BCUT2D eigenvalue weighted by atomic mass is 19.1. The molecule has 5 heteroatoms. The third-order valence-electron chi connectivity index (χ3n) is 2.65. The van der Waals surface area contributed by atoms with E-state index < -0.39 is 11.6 Å². The molecule has 1 heterocycles. The summed E-state index contributed by atoms with van der Waals surface area (Å²) in [5, 5.41) is 2.78. The fourth-order valence-electron chi connectivity index (χ4n) is 1.76. The van der Waals surface area contributed by atoms with Crippen LogP contribution < -0.4 is 5.32 Å². The Kier molecular flexibility index (Phi) is 3.50. The van der Waals surface area contributed by atoms with Crippen molar-refractivity contribution < 1.29 is 8.78 Å². The Bertz CT molecular complexity index is 537. The van der Waals surface area contributed by atoms with Crippen molar-refractivity contribution in [1.29, 1.82) is 0 Å². The van der Waals surface area contributed by atoms with Crippen molar-refractivity contribution in [1.82, 2.24) is 9.97 Å². The van der Waals surface area contributed by atoms with Gasteiger partial charge in [-0.05, 0) is 26.0 Å². The van der Waals surface area contributed by atoms with E-state index in [0.29, 0.717) is 5.69 Å². The molecule has 18 heavy (non-hydrogen) atoms. The summed E-state index contributed by atoms with van der Waals surface area (Å²) >= 11 is 0. The third-order valence-corrected chi connectivity index (χ3v) is 2.65. The van der Waals surface area contributed by atoms with Gasteiger partial charge < -0.3 is 5.32 Å². The summed E-state index contributed by atoms with van der Waals surface area (Å²) in [7, 11) is 0. The van der Waals surface area contributed by atoms with E-state index in [4.69, 9.17) is 0 Å². The van der Waals surface area contributed by atoms with Crippen LogP contribution >= 0.6 is 0 Å². The fraction of sp³-hybridized carbons (Fsp3) is 0.231. The van der Waals surface area contributed by atoms with Gasteiger partial charge in [-0.15, -0.1) is 0 Å². The Morgan fingerprint density at radius 2 is 1.72 bits per heavy atom. The summed E-state index contributed by atoms with van der Waals surface area (Å²) < 4.78 is 27.0. The molecule has 94 valence electrons. The van der Waals surface area contributed by atoms with Gasteiger partial charge >= 0.3 is 0 Å². The second kappa shape index (κ2) is 5.08. The van der Waals surface area contributed by atoms with Gasteiger partial charge in [-0.1, -0.05) is 6.07 Å². The maximum atomic E-state index is 13.5. The maximum Gasteiger partial charge on any atom is 0.149 e. The number of hydrogen-bond acceptors (Lipinski definition) is 3. The molecule has 1 unspecified atom stereocenters. The lowest BCUT2D eigenvalue weighted by Gasteiger charge is -2.16. The molecule has 0 saturated carbocycles. The van der Waals surface area contributed by atoms with Crippen LogP contribution in [0.3, 0.4) is 0 Å². The number of para-hydroxylation sites is 1. The molecule has 0 saturated heterocycles. The number of rotatable bonds is 3. The lowest BCUT2D eigenvalue weighted by molar-refractivity contribution is 0.583. The van der Waals surface area contributed by atoms with Gasteiger partial charge in [0.15, 0.2) is 0 Å². The molecule has 3 nitrogen and oxygen atoms in total. The lowest BCUT2D eigenvalue weighted by Crippen LogP contribution is -2.13. The van der Waals surface area contributed by atoms with Crippen LogP contribution in [0, 0.1) is 18.6 Å². The van der Waals surface area contributed by atoms with Gasteiger partial charge in [-0.25, -0.2) is 8.78 Å². The van der Waals surface area contributed by atoms with Gasteiger partial charge in [0.2, 0.25) is 0 Å². The van der Waals surface area contributed by atoms with Gasteiger partial charge in [0.25, 0.3) is 0 Å². The quantitative estimate of drug-likeness (QED) is 0.907. The van der Waals surface area contributed by atoms with Gasteiger partial charge in [-0.2, -0.15) is 0 Å². The van der Waals surface area contributed by atoms with E-state index >= 15 is 0 Å². The normalized spacial score (nSPS) is 12.2. The lowest BCUT2D eigenvalue weighted by atomic mass is 10.1. The molecule has 0 amide bonds. The predicted molar refractivity (Wildman–Crippen MR) is 65.2 cm³/mol. The van der Waals surface area contributed by atoms with Crippen molar-refractivity contribution in [3.63, 3.8) is 0 Å². The van der Waals surface area contributed by atoms with Crippen LogP contribution in [0.1, 0.15) is 24.4 Å². The van der Waals surface area contributed by atoms with Crippen molar-refractivity contribution in [2.75, 3.05) is 5.32 Å². The van der Waals surface area contributed by atoms with Crippen molar-refractivity contribution in [3.05, 3.63) is 53.6 Å². The molecule has 0 aliphatic heterocycles. The Hall–Kier alpha value is -2.04. The van der Waals surface area contributed by atoms with E-state index in [1.807, 2.05) is 0 Å². The number of aryl methyl sites for hydroxylation is 1. The monoisotopic (exact) mass is 249 g/mol. The number of halogens is 2. The van der Waals surface area contributed by atoms with E-state index in [0.717, 1.165) is 5.69 Å². The Morgan fingerprint density at radius 3 is 2.33 bits per heavy atom. The molecule has 0 aliphatic carbocycles. The Morgan fingerprint density at radius 1 is 1.11 bits per heavy atom.